The van der Waals surface area contributed by atoms with Crippen LogP contribution >= 0.6 is 24.0 Å². The minimum atomic E-state index is 0. The van der Waals surface area contributed by atoms with Crippen molar-refractivity contribution in [1.82, 2.24) is 20.5 Å². The van der Waals surface area contributed by atoms with Crippen molar-refractivity contribution in [2.24, 2.45) is 16.8 Å². The second-order valence-electron chi connectivity index (χ2n) is 8.97. The maximum absolute atomic E-state index is 4.96. The zero-order valence-corrected chi connectivity index (χ0v) is 21.3. The van der Waals surface area contributed by atoms with Crippen LogP contribution in [0.2, 0.25) is 0 Å². The molecule has 2 saturated heterocycles. The maximum Gasteiger partial charge on any atom is 0.191 e. The Morgan fingerprint density at radius 1 is 1.20 bits per heavy atom. The highest BCUT2D eigenvalue weighted by atomic mass is 127. The summed E-state index contributed by atoms with van der Waals surface area (Å²) in [4.78, 5) is 14.5. The molecule has 2 fully saturated rings. The van der Waals surface area contributed by atoms with Gasteiger partial charge in [-0.05, 0) is 63.1 Å². The number of hydrogen-bond acceptors (Lipinski definition) is 4. The number of nitrogens with zero attached hydrogens (tertiary/aromatic N) is 4. The van der Waals surface area contributed by atoms with Crippen LogP contribution in [-0.2, 0) is 0 Å². The molecule has 0 spiro atoms. The van der Waals surface area contributed by atoms with E-state index in [1.807, 2.05) is 12.3 Å². The maximum atomic E-state index is 4.96. The second kappa shape index (κ2) is 13.3. The predicted molar refractivity (Wildman–Crippen MR) is 138 cm³/mol. The number of guanidine groups is 1. The largest absolute Gasteiger partial charge is 0.357 e. The van der Waals surface area contributed by atoms with Crippen molar-refractivity contribution in [2.75, 3.05) is 50.7 Å². The van der Waals surface area contributed by atoms with Gasteiger partial charge in [0, 0.05) is 51.5 Å². The minimum Gasteiger partial charge on any atom is -0.357 e. The van der Waals surface area contributed by atoms with Crippen molar-refractivity contribution >= 4 is 35.8 Å². The first-order valence-electron chi connectivity index (χ1n) is 11.6. The Labute approximate surface area is 200 Å². The van der Waals surface area contributed by atoms with Gasteiger partial charge in [-0.2, -0.15) is 0 Å². The van der Waals surface area contributed by atoms with Crippen molar-refractivity contribution in [1.29, 1.82) is 0 Å². The zero-order valence-electron chi connectivity index (χ0n) is 19.0. The number of likely N-dealkylation sites (tertiary alicyclic amines) is 1. The fraction of sp³-hybridized carbons (Fsp3) is 0.739. The molecule has 2 aliphatic heterocycles. The number of hydrogen-bond donors (Lipinski definition) is 2. The third kappa shape index (κ3) is 8.21. The van der Waals surface area contributed by atoms with Gasteiger partial charge in [-0.3, -0.25) is 4.99 Å². The van der Waals surface area contributed by atoms with Crippen molar-refractivity contribution in [3.63, 3.8) is 0 Å². The number of halogens is 1. The zero-order chi connectivity index (χ0) is 20.5. The van der Waals surface area contributed by atoms with E-state index in [2.05, 4.69) is 58.3 Å². The molecule has 2 N–H and O–H groups in total. The SMILES string of the molecule is CCNC(=NCC1CCCN(CC(C)C)C1)NC1CCN(c2ccccn2)CC1.I. The highest BCUT2D eigenvalue weighted by Crippen LogP contribution is 2.19. The second-order valence-corrected chi connectivity index (χ2v) is 8.97. The Hall–Kier alpha value is -1.09. The monoisotopic (exact) mass is 528 g/mol. The topological polar surface area (TPSA) is 55.8 Å². The van der Waals surface area contributed by atoms with Crippen LogP contribution in [0, 0.1) is 11.8 Å². The number of piperidine rings is 2. The predicted octanol–water partition coefficient (Wildman–Crippen LogP) is 3.59. The number of rotatable bonds is 7. The van der Waals surface area contributed by atoms with Gasteiger partial charge in [0.05, 0.1) is 0 Å². The lowest BCUT2D eigenvalue weighted by Gasteiger charge is -2.34. The molecule has 0 radical (unpaired) electrons. The molecule has 0 saturated carbocycles. The molecule has 1 aromatic rings. The van der Waals surface area contributed by atoms with Crippen molar-refractivity contribution < 1.29 is 0 Å². The summed E-state index contributed by atoms with van der Waals surface area (Å²) in [6.07, 6.45) is 6.73. The first-order chi connectivity index (χ1) is 14.1. The van der Waals surface area contributed by atoms with E-state index < -0.39 is 0 Å². The Bertz CT molecular complexity index is 615. The normalized spacial score (nSPS) is 21.4. The van der Waals surface area contributed by atoms with E-state index in [9.17, 15) is 0 Å². The molecule has 6 nitrogen and oxygen atoms in total. The van der Waals surface area contributed by atoms with E-state index in [0.29, 0.717) is 12.0 Å². The van der Waals surface area contributed by atoms with E-state index in [1.165, 1.54) is 32.5 Å². The standard InChI is InChI=1S/C23H40N6.HI/c1-4-24-23(26-16-20-8-7-13-28(18-20)17-19(2)3)27-21-10-14-29(15-11-21)22-9-5-6-12-25-22;/h5-6,9,12,19-21H,4,7-8,10-11,13-18H2,1-3H3,(H2,24,26,27);1H. The molecule has 0 amide bonds. The summed E-state index contributed by atoms with van der Waals surface area (Å²) in [6, 6.07) is 6.63. The Kier molecular flexibility index (Phi) is 11.2. The van der Waals surface area contributed by atoms with E-state index in [4.69, 9.17) is 4.99 Å². The van der Waals surface area contributed by atoms with Crippen molar-refractivity contribution in [3.8, 4) is 0 Å². The van der Waals surface area contributed by atoms with Crippen molar-refractivity contribution in [2.45, 2.75) is 52.5 Å². The van der Waals surface area contributed by atoms with Crippen LogP contribution in [-0.4, -0.2) is 67.7 Å². The van der Waals surface area contributed by atoms with Crippen LogP contribution in [0.3, 0.4) is 0 Å². The number of nitrogens with one attached hydrogen (secondary N) is 2. The van der Waals surface area contributed by atoms with Gasteiger partial charge in [0.1, 0.15) is 5.82 Å². The summed E-state index contributed by atoms with van der Waals surface area (Å²) >= 11 is 0. The summed E-state index contributed by atoms with van der Waals surface area (Å²) in [5.74, 6) is 3.51. The van der Waals surface area contributed by atoms with Gasteiger partial charge in [-0.1, -0.05) is 19.9 Å². The van der Waals surface area contributed by atoms with Gasteiger partial charge >= 0.3 is 0 Å². The van der Waals surface area contributed by atoms with Crippen molar-refractivity contribution in [3.05, 3.63) is 24.4 Å². The smallest absolute Gasteiger partial charge is 0.191 e. The van der Waals surface area contributed by atoms with E-state index in [-0.39, 0.29) is 24.0 Å². The molecule has 170 valence electrons. The molecule has 30 heavy (non-hydrogen) atoms. The quantitative estimate of drug-likeness (QED) is 0.322. The molecule has 3 rings (SSSR count). The van der Waals surface area contributed by atoms with Gasteiger partial charge in [0.15, 0.2) is 5.96 Å². The van der Waals surface area contributed by atoms with Crippen LogP contribution in [0.1, 0.15) is 46.5 Å². The molecule has 0 bridgehead atoms. The number of aliphatic imine (C=N–C) groups is 1. The Balaban J connectivity index is 0.00000320. The third-order valence-electron chi connectivity index (χ3n) is 5.89. The van der Waals surface area contributed by atoms with Crippen LogP contribution < -0.4 is 15.5 Å². The lowest BCUT2D eigenvalue weighted by atomic mass is 9.97. The first-order valence-corrected chi connectivity index (χ1v) is 11.6. The van der Waals surface area contributed by atoms with E-state index >= 15 is 0 Å². The molecule has 1 atom stereocenters. The molecule has 0 aromatic carbocycles. The number of anilines is 1. The molecule has 1 unspecified atom stereocenters. The average Bonchev–Trinajstić information content (AvgIpc) is 2.73. The van der Waals surface area contributed by atoms with E-state index in [1.54, 1.807) is 0 Å². The van der Waals surface area contributed by atoms with E-state index in [0.717, 1.165) is 56.7 Å². The summed E-state index contributed by atoms with van der Waals surface area (Å²) in [7, 11) is 0. The molecule has 2 aliphatic rings. The molecule has 1 aromatic heterocycles. The lowest BCUT2D eigenvalue weighted by molar-refractivity contribution is 0.162. The summed E-state index contributed by atoms with van der Waals surface area (Å²) in [5.41, 5.74) is 0. The third-order valence-corrected chi connectivity index (χ3v) is 5.89. The first kappa shape index (κ1) is 25.2. The summed E-state index contributed by atoms with van der Waals surface area (Å²) in [5, 5.41) is 7.15. The van der Waals surface area contributed by atoms with Gasteiger partial charge in [-0.25, -0.2) is 4.98 Å². The molecular formula is C23H41IN6. The van der Waals surface area contributed by atoms with Crippen LogP contribution in [0.5, 0.6) is 0 Å². The molecule has 7 heteroatoms. The van der Waals surface area contributed by atoms with Crippen LogP contribution in [0.4, 0.5) is 5.82 Å². The van der Waals surface area contributed by atoms with Crippen LogP contribution in [0.15, 0.2) is 29.4 Å². The lowest BCUT2D eigenvalue weighted by Crippen LogP contribution is -2.49. The Morgan fingerprint density at radius 3 is 2.67 bits per heavy atom. The molecular weight excluding hydrogens is 487 g/mol. The molecule has 0 aliphatic carbocycles. The molecule has 3 heterocycles. The van der Waals surface area contributed by atoms with Gasteiger partial charge in [-0.15, -0.1) is 24.0 Å². The Morgan fingerprint density at radius 2 is 2.00 bits per heavy atom. The number of aromatic nitrogens is 1. The minimum absolute atomic E-state index is 0. The highest BCUT2D eigenvalue weighted by Gasteiger charge is 2.22. The highest BCUT2D eigenvalue weighted by molar-refractivity contribution is 14.0. The number of pyridine rings is 1. The average molecular weight is 529 g/mol. The summed E-state index contributed by atoms with van der Waals surface area (Å²) < 4.78 is 0. The van der Waals surface area contributed by atoms with Crippen LogP contribution in [0.25, 0.3) is 0 Å². The fourth-order valence-electron chi connectivity index (χ4n) is 4.51. The summed E-state index contributed by atoms with van der Waals surface area (Å²) in [6.45, 7) is 14.4. The van der Waals surface area contributed by atoms with Gasteiger partial charge in [0.25, 0.3) is 0 Å². The van der Waals surface area contributed by atoms with Gasteiger partial charge in [0.2, 0.25) is 0 Å². The van der Waals surface area contributed by atoms with Gasteiger partial charge < -0.3 is 20.4 Å². The fourth-order valence-corrected chi connectivity index (χ4v) is 4.51.